The number of carbonyl (C=O) groups excluding carboxylic acids is 1. The van der Waals surface area contributed by atoms with Crippen molar-refractivity contribution in [3.63, 3.8) is 0 Å². The van der Waals surface area contributed by atoms with Gasteiger partial charge in [-0.15, -0.1) is 0 Å². The van der Waals surface area contributed by atoms with E-state index in [-0.39, 0.29) is 42.0 Å². The first kappa shape index (κ1) is 22.1. The van der Waals surface area contributed by atoms with Crippen LogP contribution in [0, 0.1) is 17.8 Å². The number of aliphatic hydroxyl groups is 1. The fourth-order valence-electron chi connectivity index (χ4n) is 5.67. The second kappa shape index (κ2) is 9.27. The zero-order chi connectivity index (χ0) is 22.9. The zero-order valence-electron chi connectivity index (χ0n) is 19.2. The minimum atomic E-state index is -0.343. The van der Waals surface area contributed by atoms with Gasteiger partial charge in [-0.1, -0.05) is 43.3 Å². The van der Waals surface area contributed by atoms with Crippen molar-refractivity contribution in [1.82, 2.24) is 14.8 Å². The Morgan fingerprint density at radius 1 is 1.15 bits per heavy atom. The maximum Gasteiger partial charge on any atom is 0.258 e. The number of nitrogens with zero attached hydrogens (tertiary/aromatic N) is 2. The van der Waals surface area contributed by atoms with Gasteiger partial charge in [-0.05, 0) is 55.5 Å². The molecule has 6 heteroatoms. The third kappa shape index (κ3) is 4.18. The Kier molecular flexibility index (Phi) is 6.21. The van der Waals surface area contributed by atoms with E-state index >= 15 is 0 Å². The average Bonchev–Trinajstić information content (AvgIpc) is 3.63. The third-order valence-corrected chi connectivity index (χ3v) is 7.50. The van der Waals surface area contributed by atoms with E-state index in [1.165, 1.54) is 12.8 Å². The number of aliphatic hydroxyl groups excluding tert-OH is 1. The Hall–Kier alpha value is -2.70. The van der Waals surface area contributed by atoms with Crippen LogP contribution in [0.25, 0.3) is 12.2 Å². The normalized spacial score (nSPS) is 26.5. The molecule has 2 N–H and O–H groups in total. The van der Waals surface area contributed by atoms with Crippen molar-refractivity contribution in [2.24, 2.45) is 17.8 Å². The van der Waals surface area contributed by atoms with Gasteiger partial charge in [0.25, 0.3) is 5.56 Å². The number of amides is 1. The van der Waals surface area contributed by atoms with Crippen LogP contribution in [0.3, 0.4) is 0 Å². The lowest BCUT2D eigenvalue weighted by Gasteiger charge is -2.38. The van der Waals surface area contributed by atoms with Crippen molar-refractivity contribution < 1.29 is 9.90 Å². The highest BCUT2D eigenvalue weighted by Gasteiger charge is 2.55. The van der Waals surface area contributed by atoms with E-state index in [1.54, 1.807) is 0 Å². The van der Waals surface area contributed by atoms with Crippen LogP contribution in [0.5, 0.6) is 0 Å². The second-order valence-corrected chi connectivity index (χ2v) is 9.68. The molecule has 2 fully saturated rings. The topological polar surface area (TPSA) is 74.6 Å². The summed E-state index contributed by atoms with van der Waals surface area (Å²) >= 11 is 0. The lowest BCUT2D eigenvalue weighted by Crippen LogP contribution is -2.47. The highest BCUT2D eigenvalue weighted by atomic mass is 16.3. The monoisotopic (exact) mass is 447 g/mol. The fourth-order valence-corrected chi connectivity index (χ4v) is 5.67. The first-order chi connectivity index (χ1) is 16.1. The molecule has 33 heavy (non-hydrogen) atoms. The highest BCUT2D eigenvalue weighted by Crippen LogP contribution is 2.48. The van der Waals surface area contributed by atoms with Crippen molar-refractivity contribution in [2.45, 2.75) is 44.8 Å². The molecule has 5 rings (SSSR count). The molecule has 0 radical (unpaired) electrons. The average molecular weight is 448 g/mol. The lowest BCUT2D eigenvalue weighted by atomic mass is 9.86. The minimum absolute atomic E-state index is 0.0171. The summed E-state index contributed by atoms with van der Waals surface area (Å²) in [6, 6.07) is 13.6. The Bertz CT molecular complexity index is 1090. The molecule has 1 amide bonds. The number of fused-ring (bicyclic) bond motifs is 4. The predicted molar refractivity (Wildman–Crippen MR) is 129 cm³/mol. The Balaban J connectivity index is 1.50. The number of hydrogen-bond donors (Lipinski definition) is 2. The quantitative estimate of drug-likeness (QED) is 0.653. The number of carbonyl (C=O) groups is 1. The smallest absolute Gasteiger partial charge is 0.258 e. The summed E-state index contributed by atoms with van der Waals surface area (Å²) in [5.41, 5.74) is 2.55. The summed E-state index contributed by atoms with van der Waals surface area (Å²) in [7, 11) is 0. The van der Waals surface area contributed by atoms with E-state index in [0.29, 0.717) is 24.6 Å². The van der Waals surface area contributed by atoms with Crippen LogP contribution in [-0.4, -0.2) is 46.2 Å². The molecule has 2 aromatic rings. The standard InChI is InChI=1S/C27H33N3O3/c1-2-14-29-23-16-30-22(13-12-20(27(30)33)11-10-18-6-4-3-5-7-18)25(29)24(21(23)17-31)26(32)28-15-19-8-9-19/h3-7,10-13,19,21,23-25,31H,2,8-9,14-17H2,1H3,(H,28,32)/b11-10+/t21-,23-,24+,25+/m1/s1. The minimum Gasteiger partial charge on any atom is -0.396 e. The lowest BCUT2D eigenvalue weighted by molar-refractivity contribution is -0.127. The zero-order valence-corrected chi connectivity index (χ0v) is 19.2. The molecule has 174 valence electrons. The molecule has 6 nitrogen and oxygen atoms in total. The van der Waals surface area contributed by atoms with Crippen molar-refractivity contribution in [2.75, 3.05) is 19.7 Å². The summed E-state index contributed by atoms with van der Waals surface area (Å²) in [5, 5.41) is 13.5. The number of hydrogen-bond acceptors (Lipinski definition) is 4. The van der Waals surface area contributed by atoms with Gasteiger partial charge in [0.1, 0.15) is 0 Å². The second-order valence-electron chi connectivity index (χ2n) is 9.68. The number of pyridine rings is 1. The van der Waals surface area contributed by atoms with Gasteiger partial charge in [-0.3, -0.25) is 14.5 Å². The van der Waals surface area contributed by atoms with Crippen molar-refractivity contribution >= 4 is 18.1 Å². The number of aromatic nitrogens is 1. The van der Waals surface area contributed by atoms with Crippen LogP contribution < -0.4 is 10.9 Å². The molecule has 1 aliphatic carbocycles. The van der Waals surface area contributed by atoms with Gasteiger partial charge in [-0.25, -0.2) is 0 Å². The van der Waals surface area contributed by atoms with E-state index in [1.807, 2.05) is 59.2 Å². The molecular formula is C27H33N3O3. The molecule has 3 aliphatic rings. The first-order valence-corrected chi connectivity index (χ1v) is 12.2. The molecule has 1 saturated carbocycles. The van der Waals surface area contributed by atoms with Gasteiger partial charge < -0.3 is 15.0 Å². The number of rotatable bonds is 8. The summed E-state index contributed by atoms with van der Waals surface area (Å²) in [5.74, 6) is 0.0962. The molecule has 1 aromatic carbocycles. The van der Waals surface area contributed by atoms with Crippen molar-refractivity contribution in [3.8, 4) is 0 Å². The number of nitrogens with one attached hydrogen (secondary N) is 1. The largest absolute Gasteiger partial charge is 0.396 e. The van der Waals surface area contributed by atoms with Gasteiger partial charge in [0.2, 0.25) is 5.91 Å². The summed E-state index contributed by atoms with van der Waals surface area (Å²) in [6.07, 6.45) is 7.15. The van der Waals surface area contributed by atoms with E-state index < -0.39 is 0 Å². The Morgan fingerprint density at radius 3 is 2.64 bits per heavy atom. The molecule has 1 saturated heterocycles. The van der Waals surface area contributed by atoms with Gasteiger partial charge >= 0.3 is 0 Å². The maximum atomic E-state index is 13.4. The van der Waals surface area contributed by atoms with Crippen LogP contribution >= 0.6 is 0 Å². The van der Waals surface area contributed by atoms with Gasteiger partial charge in [0.05, 0.1) is 12.0 Å². The molecule has 3 heterocycles. The molecule has 2 bridgehead atoms. The van der Waals surface area contributed by atoms with E-state index in [9.17, 15) is 14.7 Å². The molecular weight excluding hydrogens is 414 g/mol. The maximum absolute atomic E-state index is 13.4. The van der Waals surface area contributed by atoms with E-state index in [4.69, 9.17) is 0 Å². The molecule has 0 spiro atoms. The number of benzene rings is 1. The van der Waals surface area contributed by atoms with E-state index in [2.05, 4.69) is 17.1 Å². The van der Waals surface area contributed by atoms with Crippen LogP contribution in [0.15, 0.2) is 47.3 Å². The van der Waals surface area contributed by atoms with E-state index in [0.717, 1.165) is 24.2 Å². The molecule has 1 aromatic heterocycles. The Morgan fingerprint density at radius 2 is 1.94 bits per heavy atom. The van der Waals surface area contributed by atoms with Gasteiger partial charge in [-0.2, -0.15) is 0 Å². The summed E-state index contributed by atoms with van der Waals surface area (Å²) in [6.45, 7) is 4.16. The SMILES string of the molecule is CCCN1[C@@H]2Cn3c(ccc(/C=C/c4ccccc4)c3=O)[C@H]1[C@@H](C(=O)NCC1CC1)[C@@H]2CO. The van der Waals surface area contributed by atoms with Gasteiger partial charge in [0, 0.05) is 42.9 Å². The first-order valence-electron chi connectivity index (χ1n) is 12.2. The molecule has 2 aliphatic heterocycles. The third-order valence-electron chi connectivity index (χ3n) is 7.50. The van der Waals surface area contributed by atoms with Crippen LogP contribution in [0.4, 0.5) is 0 Å². The van der Waals surface area contributed by atoms with Gasteiger partial charge in [0.15, 0.2) is 0 Å². The predicted octanol–water partition coefficient (Wildman–Crippen LogP) is 2.92. The van der Waals surface area contributed by atoms with Crippen LogP contribution in [0.1, 0.15) is 49.0 Å². The summed E-state index contributed by atoms with van der Waals surface area (Å²) in [4.78, 5) is 29.1. The fraction of sp³-hybridized carbons (Fsp3) is 0.481. The molecule has 0 unspecified atom stereocenters. The van der Waals surface area contributed by atoms with Crippen molar-refractivity contribution in [1.29, 1.82) is 0 Å². The molecule has 4 atom stereocenters. The van der Waals surface area contributed by atoms with Crippen LogP contribution in [0.2, 0.25) is 0 Å². The van der Waals surface area contributed by atoms with Crippen molar-refractivity contribution in [3.05, 3.63) is 69.6 Å². The summed E-state index contributed by atoms with van der Waals surface area (Å²) < 4.78 is 1.85. The van der Waals surface area contributed by atoms with Crippen LogP contribution in [-0.2, 0) is 11.3 Å². The highest BCUT2D eigenvalue weighted by molar-refractivity contribution is 5.81. The Labute approximate surface area is 194 Å².